The van der Waals surface area contributed by atoms with E-state index < -0.39 is 27.3 Å². The third-order valence-electron chi connectivity index (χ3n) is 3.79. The first-order valence-corrected chi connectivity index (χ1v) is 8.62. The number of halogens is 1. The van der Waals surface area contributed by atoms with Crippen LogP contribution in [0.25, 0.3) is 0 Å². The van der Waals surface area contributed by atoms with E-state index in [1.807, 2.05) is 13.8 Å². The molecule has 1 atom stereocenters. The summed E-state index contributed by atoms with van der Waals surface area (Å²) in [6.07, 6.45) is 0.228. The molecule has 1 aromatic carbocycles. The lowest BCUT2D eigenvalue weighted by Gasteiger charge is -2.41. The lowest BCUT2D eigenvalue weighted by Crippen LogP contribution is -2.53. The van der Waals surface area contributed by atoms with E-state index in [1.165, 1.54) is 7.05 Å². The van der Waals surface area contributed by atoms with Gasteiger partial charge in [0.1, 0.15) is 16.9 Å². The van der Waals surface area contributed by atoms with E-state index in [0.29, 0.717) is 11.3 Å². The van der Waals surface area contributed by atoms with Crippen molar-refractivity contribution in [1.29, 1.82) is 0 Å². The molecule has 1 unspecified atom stereocenters. The first-order valence-electron chi connectivity index (χ1n) is 6.39. The van der Waals surface area contributed by atoms with Gasteiger partial charge >= 0.3 is 10.2 Å². The van der Waals surface area contributed by atoms with Crippen LogP contribution in [0.2, 0.25) is 0 Å². The van der Waals surface area contributed by atoms with E-state index in [1.54, 1.807) is 18.2 Å². The van der Waals surface area contributed by atoms with Crippen molar-refractivity contribution in [3.05, 3.63) is 28.2 Å². The molecule has 1 spiro atoms. The lowest BCUT2D eigenvalue weighted by molar-refractivity contribution is -0.133. The largest absolute Gasteiger partial charge is 0.487 e. The molecular weight excluding hydrogens is 360 g/mol. The maximum atomic E-state index is 12.7. The Morgan fingerprint density at radius 3 is 2.62 bits per heavy atom. The molecule has 0 aliphatic carbocycles. The van der Waals surface area contributed by atoms with Gasteiger partial charge in [-0.3, -0.25) is 4.79 Å². The average molecular weight is 375 g/mol. The van der Waals surface area contributed by atoms with Crippen LogP contribution < -0.4 is 9.46 Å². The number of nitrogens with one attached hydrogen (secondary N) is 1. The molecule has 2 aliphatic heterocycles. The third-order valence-corrected chi connectivity index (χ3v) is 5.78. The van der Waals surface area contributed by atoms with Crippen molar-refractivity contribution in [3.8, 4) is 5.75 Å². The van der Waals surface area contributed by atoms with E-state index in [2.05, 4.69) is 20.7 Å². The van der Waals surface area contributed by atoms with Crippen LogP contribution in [0.5, 0.6) is 5.75 Å². The highest BCUT2D eigenvalue weighted by molar-refractivity contribution is 9.10. The maximum Gasteiger partial charge on any atom is 0.304 e. The molecule has 1 fully saturated rings. The summed E-state index contributed by atoms with van der Waals surface area (Å²) in [5.41, 5.74) is -1.44. The Morgan fingerprint density at radius 1 is 1.38 bits per heavy atom. The Morgan fingerprint density at radius 2 is 2.05 bits per heavy atom. The summed E-state index contributed by atoms with van der Waals surface area (Å²) in [5.74, 6) is 0.0269. The van der Waals surface area contributed by atoms with Gasteiger partial charge in [0.25, 0.3) is 5.91 Å². The predicted octanol–water partition coefficient (Wildman–Crippen LogP) is 1.51. The molecule has 3 rings (SSSR count). The molecule has 1 amide bonds. The minimum absolute atomic E-state index is 0.228. The lowest BCUT2D eigenvalue weighted by atomic mass is 9.77. The number of likely N-dealkylation sites (N-methyl/N-ethyl adjacent to an activating group) is 1. The van der Waals surface area contributed by atoms with Gasteiger partial charge in [-0.05, 0) is 32.0 Å². The van der Waals surface area contributed by atoms with Gasteiger partial charge in [0, 0.05) is 23.5 Å². The summed E-state index contributed by atoms with van der Waals surface area (Å²) in [4.78, 5) is 12.7. The zero-order valence-corrected chi connectivity index (χ0v) is 14.2. The Balaban J connectivity index is 2.29. The molecule has 1 N–H and O–H groups in total. The molecule has 2 heterocycles. The van der Waals surface area contributed by atoms with Crippen molar-refractivity contribution in [2.24, 2.45) is 0 Å². The number of carbonyl (C=O) groups is 1. The highest BCUT2D eigenvalue weighted by atomic mass is 79.9. The monoisotopic (exact) mass is 374 g/mol. The van der Waals surface area contributed by atoms with Gasteiger partial charge in [-0.25, -0.2) is 4.31 Å². The van der Waals surface area contributed by atoms with Crippen molar-refractivity contribution in [2.75, 3.05) is 7.05 Å². The molecular formula is C13H15BrN2O4S. The molecule has 0 bridgehead atoms. The van der Waals surface area contributed by atoms with Gasteiger partial charge in [0.2, 0.25) is 0 Å². The van der Waals surface area contributed by atoms with Crippen molar-refractivity contribution < 1.29 is 17.9 Å². The molecule has 2 aliphatic rings. The van der Waals surface area contributed by atoms with E-state index in [4.69, 9.17) is 4.74 Å². The number of amides is 1. The molecule has 1 aromatic rings. The Hall–Kier alpha value is -1.12. The zero-order chi connectivity index (χ0) is 15.6. The van der Waals surface area contributed by atoms with Crippen molar-refractivity contribution >= 4 is 32.0 Å². The van der Waals surface area contributed by atoms with Gasteiger partial charge in [-0.1, -0.05) is 15.9 Å². The first-order chi connectivity index (χ1) is 9.57. The third kappa shape index (κ3) is 2.08. The summed E-state index contributed by atoms with van der Waals surface area (Å²) >= 11 is 3.36. The number of benzene rings is 1. The minimum Gasteiger partial charge on any atom is -0.487 e. The fourth-order valence-corrected chi connectivity index (χ4v) is 4.57. The Kier molecular flexibility index (Phi) is 2.96. The van der Waals surface area contributed by atoms with Crippen LogP contribution in [0.3, 0.4) is 0 Å². The van der Waals surface area contributed by atoms with Gasteiger partial charge < -0.3 is 4.74 Å². The number of nitrogens with zero attached hydrogens (tertiary/aromatic N) is 1. The average Bonchev–Trinajstić information content (AvgIpc) is 2.51. The Labute approximate surface area is 131 Å². The van der Waals surface area contributed by atoms with Crippen molar-refractivity contribution in [1.82, 2.24) is 9.03 Å². The molecule has 0 aromatic heterocycles. The highest BCUT2D eigenvalue weighted by Gasteiger charge is 2.59. The molecule has 0 saturated carbocycles. The second kappa shape index (κ2) is 4.21. The maximum absolute atomic E-state index is 12.7. The summed E-state index contributed by atoms with van der Waals surface area (Å²) in [6.45, 7) is 3.67. The number of hydrogen-bond donors (Lipinski definition) is 1. The van der Waals surface area contributed by atoms with Gasteiger partial charge in [0.05, 0.1) is 0 Å². The summed E-state index contributed by atoms with van der Waals surface area (Å²) in [6, 6.07) is 5.26. The number of rotatable bonds is 0. The van der Waals surface area contributed by atoms with Crippen LogP contribution in [0.15, 0.2) is 22.7 Å². The first kappa shape index (κ1) is 14.8. The quantitative estimate of drug-likeness (QED) is 0.746. The fraction of sp³-hybridized carbons (Fsp3) is 0.462. The van der Waals surface area contributed by atoms with Crippen LogP contribution in [-0.2, 0) is 20.5 Å². The van der Waals surface area contributed by atoms with Crippen LogP contribution in [0.4, 0.5) is 0 Å². The van der Waals surface area contributed by atoms with E-state index in [0.717, 1.165) is 8.78 Å². The number of ether oxygens (including phenoxy) is 1. The van der Waals surface area contributed by atoms with Crippen LogP contribution in [0.1, 0.15) is 25.8 Å². The predicted molar refractivity (Wildman–Crippen MR) is 80.0 cm³/mol. The molecule has 1 saturated heterocycles. The van der Waals surface area contributed by atoms with Crippen LogP contribution in [0, 0.1) is 0 Å². The summed E-state index contributed by atoms with van der Waals surface area (Å²) < 4.78 is 34.1. The zero-order valence-electron chi connectivity index (χ0n) is 11.8. The van der Waals surface area contributed by atoms with Gasteiger partial charge in [-0.15, -0.1) is 0 Å². The van der Waals surface area contributed by atoms with Crippen LogP contribution >= 0.6 is 15.9 Å². The van der Waals surface area contributed by atoms with E-state index >= 15 is 0 Å². The number of hydrogen-bond acceptors (Lipinski definition) is 4. The topological polar surface area (TPSA) is 75.7 Å². The SMILES string of the molecule is CN1C(=O)C2(CC(C)(C)Oc3ccc(Br)cc32)NS1(=O)=O. The Bertz CT molecular complexity index is 747. The van der Waals surface area contributed by atoms with Crippen LogP contribution in [-0.4, -0.2) is 31.3 Å². The number of carbonyl (C=O) groups excluding carboxylic acids is 1. The van der Waals surface area contributed by atoms with Gasteiger partial charge in [-0.2, -0.15) is 13.1 Å². The van der Waals surface area contributed by atoms with E-state index in [-0.39, 0.29) is 6.42 Å². The second-order valence-corrected chi connectivity index (χ2v) is 8.58. The van der Waals surface area contributed by atoms with E-state index in [9.17, 15) is 13.2 Å². The van der Waals surface area contributed by atoms with Gasteiger partial charge in [0.15, 0.2) is 0 Å². The fourth-order valence-electron chi connectivity index (χ4n) is 2.98. The minimum atomic E-state index is -3.83. The number of fused-ring (bicyclic) bond motifs is 2. The smallest absolute Gasteiger partial charge is 0.304 e. The van der Waals surface area contributed by atoms with Crippen molar-refractivity contribution in [2.45, 2.75) is 31.4 Å². The molecule has 21 heavy (non-hydrogen) atoms. The molecule has 0 radical (unpaired) electrons. The molecule has 114 valence electrons. The summed E-state index contributed by atoms with van der Waals surface area (Å²) in [7, 11) is -2.56. The van der Waals surface area contributed by atoms with Crippen molar-refractivity contribution in [3.63, 3.8) is 0 Å². The normalized spacial score (nSPS) is 29.3. The second-order valence-electron chi connectivity index (χ2n) is 5.96. The molecule has 8 heteroatoms. The summed E-state index contributed by atoms with van der Waals surface area (Å²) in [5, 5.41) is 0. The molecule has 6 nitrogen and oxygen atoms in total. The highest BCUT2D eigenvalue weighted by Crippen LogP contribution is 2.48. The standard InChI is InChI=1S/C13H15BrN2O4S/c1-12(2)7-13(11(17)16(3)21(18,19)15-13)9-6-8(14)4-5-10(9)20-12/h4-6,15H,7H2,1-3H3.